The summed E-state index contributed by atoms with van der Waals surface area (Å²) < 4.78 is 0. The minimum absolute atomic E-state index is 0. The fourth-order valence-corrected chi connectivity index (χ4v) is 0.323. The molecule has 0 heterocycles. The maximum atomic E-state index is 9.71. The van der Waals surface area contributed by atoms with E-state index in [1.54, 1.807) is 24.8 Å². The van der Waals surface area contributed by atoms with Gasteiger partial charge in [-0.3, -0.25) is 57.5 Å². The molecule has 0 aromatic carbocycles. The standard InChI is InChI=1S/C4H6O2P.3C3H6OP.2C3H4.C2H6.2C2H.2CH2OP.5CHO.6Pd.4H2/c5-3-1-2-4(6)7;3*1-2-3(4)5;2*1-3-2;3*1-2;2*2-1-3;5*1-2;;;;;;;;;;/h1-2,7H2;3*1-2,5H2;2*1-2H2;1-2H3;2*1H;2*3H2;5*1H;;;;;;;4*1H/q4*-1;;;;2*+1;4*-1;3*+1;;;;;2*+2;;;;/p+2. The Bertz CT molecular complexity index is 716. The molecule has 0 aromatic rings. The van der Waals surface area contributed by atoms with Gasteiger partial charge in [0.1, 0.15) is 11.0 Å². The second kappa shape index (κ2) is 321. The molecule has 0 bridgehead atoms. The quantitative estimate of drug-likeness (QED) is 0.0669. The Kier molecular flexibility index (Phi) is 837. The average molecular weight is 1460 g/mol. The molecule has 0 aliphatic carbocycles. The largest absolute Gasteiger partial charge is 2.00 e. The van der Waals surface area contributed by atoms with E-state index in [4.69, 9.17) is 56.0 Å². The van der Waals surface area contributed by atoms with E-state index in [9.17, 15) is 14.4 Å². The Hall–Kier alpha value is 0.924. The van der Waals surface area contributed by atoms with Gasteiger partial charge in [0.05, 0.1) is 0 Å². The molecular formula is C32H59O12P6Pd6+3. The van der Waals surface area contributed by atoms with E-state index >= 15 is 0 Å². The SMILES string of the molecule is C=C=C.C=C=C.CC.O=[C-]CCC(=[OH+])P.O=[C-]P.O=[C-]P.[C+]#C.[C+]#C.[CH+]=O.[CH+]=O.[CH+]=O.[CH-]=O.[CH-]=O.[CH2-]CC(=O)P.[CH2-]CC(=O)P.[CH2-]CC(=[OH+])P.[HH].[HH].[HH].[HH].[Pd+2].[Pd+2].[Pd].[Pd].[Pd].[Pd]. The Morgan fingerprint density at radius 1 is 0.643 bits per heavy atom. The molecule has 0 saturated heterocycles. The molecule has 24 heteroatoms. The maximum absolute atomic E-state index is 9.71. The van der Waals surface area contributed by atoms with Gasteiger partial charge in [-0.25, -0.2) is 12.1 Å². The van der Waals surface area contributed by atoms with Crippen LogP contribution >= 0.6 is 55.4 Å². The molecule has 0 spiro atoms. The zero-order valence-electron chi connectivity index (χ0n) is 30.4. The van der Waals surface area contributed by atoms with Crippen molar-refractivity contribution in [1.29, 1.82) is 0 Å². The molecule has 0 aliphatic rings. The van der Waals surface area contributed by atoms with Crippen LogP contribution in [0.15, 0.2) is 37.8 Å². The van der Waals surface area contributed by atoms with Crippen molar-refractivity contribution in [3.8, 4) is 12.8 Å². The van der Waals surface area contributed by atoms with Gasteiger partial charge in [0.15, 0.2) is 0 Å². The van der Waals surface area contributed by atoms with Crippen LogP contribution < -0.4 is 0 Å². The number of carbonyl (C=O) groups is 2. The van der Waals surface area contributed by atoms with Crippen molar-refractivity contribution in [2.45, 2.75) is 46.0 Å². The zero-order chi connectivity index (χ0) is 45.4. The first-order valence-electron chi connectivity index (χ1n) is 11.1. The van der Waals surface area contributed by atoms with E-state index < -0.39 is 0 Å². The van der Waals surface area contributed by atoms with Crippen molar-refractivity contribution in [2.24, 2.45) is 0 Å². The summed E-state index contributed by atoms with van der Waals surface area (Å²) in [6.07, 6.45) is 21.6. The van der Waals surface area contributed by atoms with E-state index in [0.717, 1.165) is 0 Å². The van der Waals surface area contributed by atoms with Gasteiger partial charge in [-0.2, -0.15) is 0 Å². The molecule has 2 N–H and O–H groups in total. The number of rotatable bonds is 6. The third-order valence-electron chi connectivity index (χ3n) is 1.23. The fourth-order valence-electron chi connectivity index (χ4n) is 0.179. The van der Waals surface area contributed by atoms with E-state index in [1.807, 2.05) is 32.3 Å². The molecule has 0 amide bonds. The predicted octanol–water partition coefficient (Wildman–Crippen LogP) is 4.88. The van der Waals surface area contributed by atoms with Crippen molar-refractivity contribution < 1.29 is 186 Å². The van der Waals surface area contributed by atoms with Gasteiger partial charge >= 0.3 is 92.4 Å². The third-order valence-corrected chi connectivity index (χ3v) is 2.39. The topological polar surface area (TPSA) is 213 Å². The van der Waals surface area contributed by atoms with Crippen molar-refractivity contribution in [1.82, 2.24) is 0 Å². The summed E-state index contributed by atoms with van der Waals surface area (Å²) in [4.78, 5) is 101. The van der Waals surface area contributed by atoms with Crippen LogP contribution in [0.4, 0.5) is 0 Å². The molecule has 56 heavy (non-hydrogen) atoms. The molecule has 0 aliphatic heterocycles. The Morgan fingerprint density at radius 3 is 0.768 bits per heavy atom. The molecule has 0 saturated carbocycles. The van der Waals surface area contributed by atoms with E-state index in [0.29, 0.717) is 31.2 Å². The van der Waals surface area contributed by atoms with Crippen LogP contribution in [0.5, 0.6) is 0 Å². The smallest absolute Gasteiger partial charge is 0.545 e. The number of terminal acetylenes is 2. The second-order valence-corrected chi connectivity index (χ2v) is 7.14. The van der Waals surface area contributed by atoms with Crippen LogP contribution in [-0.4, -0.2) is 84.0 Å². The number of hydrogen-bond acceptors (Lipinski definition) is 10. The summed E-state index contributed by atoms with van der Waals surface area (Å²) in [6.45, 7) is 42.8. The Morgan fingerprint density at radius 2 is 0.750 bits per heavy atom. The first kappa shape index (κ1) is 146. The molecule has 0 fully saturated rings. The molecule has 12 nitrogen and oxygen atoms in total. The van der Waals surface area contributed by atoms with Crippen molar-refractivity contribution in [3.63, 3.8) is 0 Å². The number of hydrogen-bond donors (Lipinski definition) is 0. The van der Waals surface area contributed by atoms with Gasteiger partial charge in [0.2, 0.25) is 0 Å². The summed E-state index contributed by atoms with van der Waals surface area (Å²) in [5.41, 5.74) is 5.14. The molecule has 346 valence electrons. The number of carbonyl (C=O) groups excluding carboxylic acids is 12. The van der Waals surface area contributed by atoms with E-state index in [1.165, 1.54) is 12.1 Å². The minimum Gasteiger partial charge on any atom is -0.545 e. The summed E-state index contributed by atoms with van der Waals surface area (Å²) in [6, 6.07) is 2.83. The predicted molar refractivity (Wildman–Crippen MR) is 238 cm³/mol. The molecule has 0 rings (SSSR count). The van der Waals surface area contributed by atoms with Crippen LogP contribution in [0.3, 0.4) is 0 Å². The summed E-state index contributed by atoms with van der Waals surface area (Å²) in [5, 5.41) is 0. The first-order valence-corrected chi connectivity index (χ1v) is 14.6. The maximum Gasteiger partial charge on any atom is 2.00 e. The first-order chi connectivity index (χ1) is 23.7. The van der Waals surface area contributed by atoms with Crippen LogP contribution in [0.25, 0.3) is 0 Å². The minimum atomic E-state index is 0. The van der Waals surface area contributed by atoms with Crippen LogP contribution in [0.1, 0.15) is 51.7 Å². The fraction of sp³-hybridized carbons (Fsp3) is 0.219. The van der Waals surface area contributed by atoms with Crippen molar-refractivity contribution in [2.75, 3.05) is 0 Å². The van der Waals surface area contributed by atoms with Crippen molar-refractivity contribution in [3.05, 3.63) is 71.4 Å². The molecule has 0 aromatic heterocycles. The second-order valence-electron chi connectivity index (χ2n) is 4.05. The molecule has 6 unspecified atom stereocenters. The van der Waals surface area contributed by atoms with Crippen molar-refractivity contribution >= 4 is 130 Å². The van der Waals surface area contributed by atoms with Gasteiger partial charge in [-0.15, -0.1) is 30.7 Å². The zero-order valence-corrected chi connectivity index (χ0v) is 46.6. The van der Waals surface area contributed by atoms with Gasteiger partial charge < -0.3 is 44.7 Å². The van der Waals surface area contributed by atoms with Gasteiger partial charge in [-0.05, 0) is 18.5 Å². The van der Waals surface area contributed by atoms with Gasteiger partial charge in [-0.1, -0.05) is 65.1 Å². The Labute approximate surface area is 441 Å². The normalized spacial score (nSPS) is 4.39. The molecule has 6 atom stereocenters. The van der Waals surface area contributed by atoms with E-state index in [2.05, 4.69) is 124 Å². The summed E-state index contributed by atoms with van der Waals surface area (Å²) >= 11 is 0. The summed E-state index contributed by atoms with van der Waals surface area (Å²) in [7, 11) is 11.9. The Balaban J connectivity index is -0.00000000864. The molecular weight excluding hydrogens is 1400 g/mol. The summed E-state index contributed by atoms with van der Waals surface area (Å²) in [5.74, 6) is 0. The van der Waals surface area contributed by atoms with Gasteiger partial charge in [0.25, 0.3) is 5.52 Å². The van der Waals surface area contributed by atoms with Crippen LogP contribution in [-0.2, 0) is 170 Å². The van der Waals surface area contributed by atoms with Crippen LogP contribution in [0, 0.1) is 46.5 Å². The molecule has 0 radical (unpaired) electrons. The third kappa shape index (κ3) is 1340. The van der Waals surface area contributed by atoms with E-state index in [-0.39, 0.29) is 151 Å². The average Bonchev–Trinajstić information content (AvgIpc) is 3.16. The van der Waals surface area contributed by atoms with Crippen LogP contribution in [0.2, 0.25) is 0 Å². The van der Waals surface area contributed by atoms with Gasteiger partial charge in [0, 0.05) is 108 Å². The monoisotopic (exact) mass is 1460 g/mol.